The highest BCUT2D eigenvalue weighted by Crippen LogP contribution is 2.19. The van der Waals surface area contributed by atoms with Crippen LogP contribution in [0.4, 0.5) is 0 Å². The van der Waals surface area contributed by atoms with E-state index in [0.29, 0.717) is 12.2 Å². The van der Waals surface area contributed by atoms with Gasteiger partial charge in [-0.2, -0.15) is 0 Å². The first-order chi connectivity index (χ1) is 8.30. The second-order valence-corrected chi connectivity index (χ2v) is 7.56. The molecule has 0 saturated carbocycles. The molecule has 0 bridgehead atoms. The third-order valence-electron chi connectivity index (χ3n) is 3.15. The molecular formula is C13H24N2OS2. The summed E-state index contributed by atoms with van der Waals surface area (Å²) in [5.74, 6) is 1.12. The van der Waals surface area contributed by atoms with Gasteiger partial charge in [0.25, 0.3) is 0 Å². The first-order valence-electron chi connectivity index (χ1n) is 6.44. The summed E-state index contributed by atoms with van der Waals surface area (Å²) in [6.45, 7) is 10.1. The highest BCUT2D eigenvalue weighted by molar-refractivity contribution is 8.22. The SMILES string of the molecule is CN1CCN(C(=S)SCCC(=O)C(C)(C)C)CC1. The van der Waals surface area contributed by atoms with Gasteiger partial charge in [0.1, 0.15) is 10.1 Å². The van der Waals surface area contributed by atoms with Gasteiger partial charge in [0.05, 0.1) is 0 Å². The number of piperazine rings is 1. The molecule has 0 unspecified atom stereocenters. The quantitative estimate of drug-likeness (QED) is 0.741. The normalized spacial score (nSPS) is 17.9. The van der Waals surface area contributed by atoms with Crippen LogP contribution >= 0.6 is 24.0 Å². The molecule has 1 aliphatic heterocycles. The number of nitrogens with zero attached hydrogens (tertiary/aromatic N) is 2. The second-order valence-electron chi connectivity index (χ2n) is 5.83. The Hall–Kier alpha value is -0.130. The van der Waals surface area contributed by atoms with Gasteiger partial charge >= 0.3 is 0 Å². The molecule has 0 aromatic carbocycles. The van der Waals surface area contributed by atoms with E-state index in [9.17, 15) is 4.79 Å². The molecule has 0 aromatic heterocycles. The molecule has 18 heavy (non-hydrogen) atoms. The van der Waals surface area contributed by atoms with Crippen molar-refractivity contribution in [3.63, 3.8) is 0 Å². The van der Waals surface area contributed by atoms with E-state index in [2.05, 4.69) is 16.8 Å². The summed E-state index contributed by atoms with van der Waals surface area (Å²) in [5, 5.41) is 0. The molecule has 3 nitrogen and oxygen atoms in total. The third-order valence-corrected chi connectivity index (χ3v) is 4.68. The Bertz CT molecular complexity index is 305. The Kier molecular flexibility index (Phi) is 6.08. The molecule has 1 heterocycles. The summed E-state index contributed by atoms with van der Waals surface area (Å²) in [4.78, 5) is 16.4. The van der Waals surface area contributed by atoms with E-state index in [1.165, 1.54) is 0 Å². The lowest BCUT2D eigenvalue weighted by Gasteiger charge is -2.33. The molecule has 0 aliphatic carbocycles. The van der Waals surface area contributed by atoms with Gasteiger partial charge in [-0.15, -0.1) is 0 Å². The van der Waals surface area contributed by atoms with Crippen LogP contribution < -0.4 is 0 Å². The zero-order chi connectivity index (χ0) is 13.8. The second kappa shape index (κ2) is 6.87. The van der Waals surface area contributed by atoms with Crippen molar-refractivity contribution in [3.05, 3.63) is 0 Å². The minimum absolute atomic E-state index is 0.226. The van der Waals surface area contributed by atoms with Crippen molar-refractivity contribution in [2.24, 2.45) is 5.41 Å². The summed E-state index contributed by atoms with van der Waals surface area (Å²) < 4.78 is 0.949. The van der Waals surface area contributed by atoms with Gasteiger partial charge in [-0.25, -0.2) is 0 Å². The number of hydrogen-bond donors (Lipinski definition) is 0. The topological polar surface area (TPSA) is 23.6 Å². The number of carbonyl (C=O) groups is 1. The zero-order valence-electron chi connectivity index (χ0n) is 11.9. The van der Waals surface area contributed by atoms with Crippen LogP contribution in [0.15, 0.2) is 0 Å². The van der Waals surface area contributed by atoms with Crippen LogP contribution in [0.1, 0.15) is 27.2 Å². The first-order valence-corrected chi connectivity index (χ1v) is 7.83. The summed E-state index contributed by atoms with van der Waals surface area (Å²) in [6, 6.07) is 0. The van der Waals surface area contributed by atoms with Gasteiger partial charge in [0.2, 0.25) is 0 Å². The average molecular weight is 288 g/mol. The maximum atomic E-state index is 11.8. The van der Waals surface area contributed by atoms with Crippen molar-refractivity contribution in [1.29, 1.82) is 0 Å². The Morgan fingerprint density at radius 1 is 1.22 bits per heavy atom. The fourth-order valence-electron chi connectivity index (χ4n) is 1.69. The van der Waals surface area contributed by atoms with Gasteiger partial charge < -0.3 is 9.80 Å². The van der Waals surface area contributed by atoms with E-state index in [0.717, 1.165) is 36.3 Å². The number of rotatable bonds is 3. The standard InChI is InChI=1S/C13H24N2OS2/c1-13(2,3)11(16)5-10-18-12(17)15-8-6-14(4)7-9-15/h5-10H2,1-4H3. The lowest BCUT2D eigenvalue weighted by atomic mass is 9.89. The van der Waals surface area contributed by atoms with Crippen molar-refractivity contribution >= 4 is 34.1 Å². The number of ketones is 1. The summed E-state index contributed by atoms with van der Waals surface area (Å²) in [6.07, 6.45) is 0.613. The van der Waals surface area contributed by atoms with E-state index < -0.39 is 0 Å². The van der Waals surface area contributed by atoms with Crippen LogP contribution in [-0.2, 0) is 4.79 Å². The van der Waals surface area contributed by atoms with Gasteiger partial charge in [-0.1, -0.05) is 44.8 Å². The first kappa shape index (κ1) is 15.9. The molecule has 1 aliphatic rings. The molecule has 0 N–H and O–H groups in total. The smallest absolute Gasteiger partial charge is 0.139 e. The monoisotopic (exact) mass is 288 g/mol. The summed E-state index contributed by atoms with van der Waals surface area (Å²) in [7, 11) is 2.13. The molecular weight excluding hydrogens is 264 g/mol. The van der Waals surface area contributed by atoms with Crippen LogP contribution in [0.2, 0.25) is 0 Å². The molecule has 104 valence electrons. The lowest BCUT2D eigenvalue weighted by molar-refractivity contribution is -0.125. The molecule has 1 saturated heterocycles. The minimum atomic E-state index is -0.226. The molecule has 1 rings (SSSR count). The van der Waals surface area contributed by atoms with Gasteiger partial charge in [0.15, 0.2) is 0 Å². The Balaban J connectivity index is 2.23. The molecule has 0 aromatic rings. The van der Waals surface area contributed by atoms with Gasteiger partial charge in [-0.05, 0) is 7.05 Å². The van der Waals surface area contributed by atoms with E-state index in [1.807, 2.05) is 20.8 Å². The molecule has 0 atom stereocenters. The fourth-order valence-corrected chi connectivity index (χ4v) is 2.95. The highest BCUT2D eigenvalue weighted by Gasteiger charge is 2.21. The van der Waals surface area contributed by atoms with Crippen LogP contribution in [0, 0.1) is 5.41 Å². The highest BCUT2D eigenvalue weighted by atomic mass is 32.2. The lowest BCUT2D eigenvalue weighted by Crippen LogP contribution is -2.45. The van der Waals surface area contributed by atoms with Crippen LogP contribution in [0.3, 0.4) is 0 Å². The van der Waals surface area contributed by atoms with Crippen LogP contribution in [0.5, 0.6) is 0 Å². The van der Waals surface area contributed by atoms with Crippen molar-refractivity contribution in [2.45, 2.75) is 27.2 Å². The van der Waals surface area contributed by atoms with Crippen LogP contribution in [0.25, 0.3) is 0 Å². The van der Waals surface area contributed by atoms with Crippen LogP contribution in [-0.4, -0.2) is 58.9 Å². The summed E-state index contributed by atoms with van der Waals surface area (Å²) in [5.41, 5.74) is -0.226. The fraction of sp³-hybridized carbons (Fsp3) is 0.846. The molecule has 0 radical (unpaired) electrons. The van der Waals surface area contributed by atoms with Crippen molar-refractivity contribution in [2.75, 3.05) is 39.0 Å². The molecule has 1 fully saturated rings. The Morgan fingerprint density at radius 3 is 2.28 bits per heavy atom. The number of thioether (sulfide) groups is 1. The van der Waals surface area contributed by atoms with E-state index >= 15 is 0 Å². The Morgan fingerprint density at radius 2 is 1.78 bits per heavy atom. The predicted molar refractivity (Wildman–Crippen MR) is 83.2 cm³/mol. The summed E-state index contributed by atoms with van der Waals surface area (Å²) >= 11 is 7.06. The number of thiocarbonyl (C=S) groups is 1. The number of likely N-dealkylation sites (N-methyl/N-ethyl adjacent to an activating group) is 1. The van der Waals surface area contributed by atoms with Crippen molar-refractivity contribution in [1.82, 2.24) is 9.80 Å². The minimum Gasteiger partial charge on any atom is -0.355 e. The van der Waals surface area contributed by atoms with Gasteiger partial charge in [0, 0.05) is 43.8 Å². The van der Waals surface area contributed by atoms with E-state index in [1.54, 1.807) is 11.8 Å². The Labute approximate surface area is 120 Å². The zero-order valence-corrected chi connectivity index (χ0v) is 13.5. The van der Waals surface area contributed by atoms with Gasteiger partial charge in [-0.3, -0.25) is 4.79 Å². The maximum absolute atomic E-state index is 11.8. The number of carbonyl (C=O) groups excluding carboxylic acids is 1. The molecule has 0 amide bonds. The van der Waals surface area contributed by atoms with E-state index in [4.69, 9.17) is 12.2 Å². The van der Waals surface area contributed by atoms with Crippen molar-refractivity contribution < 1.29 is 4.79 Å². The average Bonchev–Trinajstić information content (AvgIpc) is 2.28. The van der Waals surface area contributed by atoms with E-state index in [-0.39, 0.29) is 5.41 Å². The predicted octanol–water partition coefficient (Wildman–Crippen LogP) is 2.26. The maximum Gasteiger partial charge on any atom is 0.139 e. The number of Topliss-reactive ketones (excluding diaryl/α,β-unsaturated/α-hetero) is 1. The van der Waals surface area contributed by atoms with Crippen molar-refractivity contribution in [3.8, 4) is 0 Å². The third kappa shape index (κ3) is 5.24. The largest absolute Gasteiger partial charge is 0.355 e. The molecule has 5 heteroatoms. The molecule has 0 spiro atoms. The number of hydrogen-bond acceptors (Lipinski definition) is 4.